The van der Waals surface area contributed by atoms with Gasteiger partial charge in [0.25, 0.3) is 0 Å². The minimum absolute atomic E-state index is 0.154. The third-order valence-corrected chi connectivity index (χ3v) is 3.25. The summed E-state index contributed by atoms with van der Waals surface area (Å²) >= 11 is 4.99. The Morgan fingerprint density at radius 3 is 2.55 bits per heavy atom. The number of nitrogens with two attached hydrogens (primary N) is 1. The topological polar surface area (TPSA) is 38.5 Å². The zero-order valence-corrected chi connectivity index (χ0v) is 12.1. The molecule has 2 rings (SSSR count). The highest BCUT2D eigenvalue weighted by Gasteiger charge is 2.15. The summed E-state index contributed by atoms with van der Waals surface area (Å²) in [5, 5.41) is 0. The van der Waals surface area contributed by atoms with E-state index in [2.05, 4.69) is 0 Å². The van der Waals surface area contributed by atoms with Gasteiger partial charge < -0.3 is 15.4 Å². The third kappa shape index (κ3) is 2.72. The molecule has 2 aromatic rings. The first-order valence-electron chi connectivity index (χ1n) is 6.00. The van der Waals surface area contributed by atoms with Crippen molar-refractivity contribution in [1.82, 2.24) is 0 Å². The summed E-state index contributed by atoms with van der Waals surface area (Å²) in [5.41, 5.74) is 7.74. The number of nitrogens with zero attached hydrogens (tertiary/aromatic N) is 1. The minimum atomic E-state index is -0.370. The molecule has 104 valence electrons. The van der Waals surface area contributed by atoms with E-state index >= 15 is 0 Å². The van der Waals surface area contributed by atoms with E-state index in [1.54, 1.807) is 13.2 Å². The van der Waals surface area contributed by atoms with Gasteiger partial charge in [-0.2, -0.15) is 0 Å². The van der Waals surface area contributed by atoms with E-state index in [4.69, 9.17) is 22.7 Å². The monoisotopic (exact) mass is 290 g/mol. The van der Waals surface area contributed by atoms with Crippen LogP contribution in [0.1, 0.15) is 5.56 Å². The van der Waals surface area contributed by atoms with Gasteiger partial charge in [-0.15, -0.1) is 0 Å². The van der Waals surface area contributed by atoms with Crippen molar-refractivity contribution in [2.24, 2.45) is 5.73 Å². The molecule has 2 N–H and O–H groups in total. The zero-order valence-electron chi connectivity index (χ0n) is 11.3. The molecular weight excluding hydrogens is 275 g/mol. The fourth-order valence-corrected chi connectivity index (χ4v) is 2.20. The molecule has 20 heavy (non-hydrogen) atoms. The Balaban J connectivity index is 2.53. The van der Waals surface area contributed by atoms with Crippen LogP contribution in [0.15, 0.2) is 42.5 Å². The van der Waals surface area contributed by atoms with E-state index in [9.17, 15) is 4.39 Å². The second-order valence-electron chi connectivity index (χ2n) is 4.26. The normalized spacial score (nSPS) is 10.2. The van der Waals surface area contributed by atoms with E-state index in [1.807, 2.05) is 36.2 Å². The summed E-state index contributed by atoms with van der Waals surface area (Å²) in [4.78, 5) is 2.02. The Hall–Kier alpha value is -2.14. The molecule has 3 nitrogen and oxygen atoms in total. The smallest absolute Gasteiger partial charge is 0.142 e. The molecular formula is C15H15FN2OS. The van der Waals surface area contributed by atoms with Crippen LogP contribution in [0, 0.1) is 5.82 Å². The molecule has 0 aliphatic rings. The van der Waals surface area contributed by atoms with E-state index in [0.29, 0.717) is 11.3 Å². The molecule has 0 radical (unpaired) electrons. The predicted molar refractivity (Wildman–Crippen MR) is 83.3 cm³/mol. The molecule has 0 aliphatic carbocycles. The number of thiocarbonyl (C=S) groups is 1. The van der Waals surface area contributed by atoms with E-state index < -0.39 is 0 Å². The van der Waals surface area contributed by atoms with Gasteiger partial charge >= 0.3 is 0 Å². The molecule has 0 bridgehead atoms. The summed E-state index contributed by atoms with van der Waals surface area (Å²) < 4.78 is 18.7. The van der Waals surface area contributed by atoms with Gasteiger partial charge in [-0.1, -0.05) is 24.4 Å². The largest absolute Gasteiger partial charge is 0.495 e. The number of rotatable bonds is 4. The molecule has 0 aliphatic heterocycles. The summed E-state index contributed by atoms with van der Waals surface area (Å²) in [5.74, 6) is 0.346. The Labute approximate surface area is 122 Å². The second-order valence-corrected chi connectivity index (χ2v) is 4.70. The Morgan fingerprint density at radius 2 is 1.90 bits per heavy atom. The van der Waals surface area contributed by atoms with Crippen LogP contribution in [0.2, 0.25) is 0 Å². The first kappa shape index (κ1) is 14.3. The quantitative estimate of drug-likeness (QED) is 0.877. The Kier molecular flexibility index (Phi) is 4.20. The van der Waals surface area contributed by atoms with E-state index in [-0.39, 0.29) is 10.8 Å². The van der Waals surface area contributed by atoms with Crippen molar-refractivity contribution < 1.29 is 9.13 Å². The molecule has 0 unspecified atom stereocenters. The molecule has 2 aromatic carbocycles. The molecule has 0 atom stereocenters. The SMILES string of the molecule is COc1ccccc1N(C)c1ccc(F)cc1C(N)=S. The lowest BCUT2D eigenvalue weighted by atomic mass is 10.1. The van der Waals surface area contributed by atoms with Crippen LogP contribution < -0.4 is 15.4 Å². The average molecular weight is 290 g/mol. The maximum absolute atomic E-state index is 13.4. The lowest BCUT2D eigenvalue weighted by Crippen LogP contribution is -2.18. The van der Waals surface area contributed by atoms with Crippen molar-refractivity contribution in [3.05, 3.63) is 53.8 Å². The van der Waals surface area contributed by atoms with E-state index in [0.717, 1.165) is 11.4 Å². The summed E-state index contributed by atoms with van der Waals surface area (Å²) in [7, 11) is 3.46. The maximum Gasteiger partial charge on any atom is 0.142 e. The van der Waals surface area contributed by atoms with Crippen molar-refractivity contribution in [3.63, 3.8) is 0 Å². The highest BCUT2D eigenvalue weighted by molar-refractivity contribution is 7.80. The zero-order chi connectivity index (χ0) is 14.7. The average Bonchev–Trinajstić information content (AvgIpc) is 2.46. The molecule has 0 saturated carbocycles. The first-order valence-corrected chi connectivity index (χ1v) is 6.41. The lowest BCUT2D eigenvalue weighted by Gasteiger charge is -2.24. The summed E-state index contributed by atoms with van der Waals surface area (Å²) in [6.45, 7) is 0. The van der Waals surface area contributed by atoms with Gasteiger partial charge in [0.1, 0.15) is 16.6 Å². The van der Waals surface area contributed by atoms with Gasteiger partial charge in [0.2, 0.25) is 0 Å². The fourth-order valence-electron chi connectivity index (χ4n) is 2.03. The van der Waals surface area contributed by atoms with Gasteiger partial charge in [0.15, 0.2) is 0 Å². The van der Waals surface area contributed by atoms with Crippen LogP contribution in [0.4, 0.5) is 15.8 Å². The minimum Gasteiger partial charge on any atom is -0.495 e. The van der Waals surface area contributed by atoms with Crippen molar-refractivity contribution in [2.75, 3.05) is 19.1 Å². The lowest BCUT2D eigenvalue weighted by molar-refractivity contribution is 0.415. The van der Waals surface area contributed by atoms with Crippen molar-refractivity contribution in [3.8, 4) is 5.75 Å². The molecule has 5 heteroatoms. The van der Waals surface area contributed by atoms with Gasteiger partial charge in [0.05, 0.1) is 18.5 Å². The number of halogens is 1. The molecule has 0 amide bonds. The number of para-hydroxylation sites is 2. The molecule has 0 spiro atoms. The number of hydrogen-bond acceptors (Lipinski definition) is 3. The van der Waals surface area contributed by atoms with Crippen LogP contribution in [0.25, 0.3) is 0 Å². The number of ether oxygens (including phenoxy) is 1. The van der Waals surface area contributed by atoms with Crippen LogP contribution in [0.5, 0.6) is 5.75 Å². The highest BCUT2D eigenvalue weighted by Crippen LogP contribution is 2.34. The molecule has 0 saturated heterocycles. The van der Waals surface area contributed by atoms with Crippen LogP contribution in [0.3, 0.4) is 0 Å². The van der Waals surface area contributed by atoms with Gasteiger partial charge in [0, 0.05) is 12.6 Å². The number of hydrogen-bond donors (Lipinski definition) is 1. The maximum atomic E-state index is 13.4. The Bertz CT molecular complexity index is 646. The van der Waals surface area contributed by atoms with Crippen molar-refractivity contribution >= 4 is 28.6 Å². The summed E-state index contributed by atoms with van der Waals surface area (Å²) in [6.07, 6.45) is 0. The number of methoxy groups -OCH3 is 1. The van der Waals surface area contributed by atoms with Gasteiger partial charge in [-0.3, -0.25) is 0 Å². The van der Waals surface area contributed by atoms with Crippen LogP contribution in [-0.4, -0.2) is 19.1 Å². The third-order valence-electron chi connectivity index (χ3n) is 3.03. The van der Waals surface area contributed by atoms with Crippen molar-refractivity contribution in [2.45, 2.75) is 0 Å². The fraction of sp³-hybridized carbons (Fsp3) is 0.133. The molecule has 0 aromatic heterocycles. The number of anilines is 2. The second kappa shape index (κ2) is 5.88. The molecule has 0 heterocycles. The van der Waals surface area contributed by atoms with Gasteiger partial charge in [-0.25, -0.2) is 4.39 Å². The van der Waals surface area contributed by atoms with Crippen LogP contribution >= 0.6 is 12.2 Å². The van der Waals surface area contributed by atoms with E-state index in [1.165, 1.54) is 12.1 Å². The predicted octanol–water partition coefficient (Wildman–Crippen LogP) is 3.24. The molecule has 0 fully saturated rings. The highest BCUT2D eigenvalue weighted by atomic mass is 32.1. The Morgan fingerprint density at radius 1 is 1.20 bits per heavy atom. The van der Waals surface area contributed by atoms with Crippen molar-refractivity contribution in [1.29, 1.82) is 0 Å². The number of benzene rings is 2. The summed E-state index contributed by atoms with van der Waals surface area (Å²) in [6, 6.07) is 11.9. The standard InChI is InChI=1S/C15H15FN2OS/c1-18(13-5-3-4-6-14(13)19-2)12-8-7-10(16)9-11(12)15(17)20/h3-9H,1-2H3,(H2,17,20). The van der Waals surface area contributed by atoms with Gasteiger partial charge in [-0.05, 0) is 30.3 Å². The first-order chi connectivity index (χ1) is 9.54. The van der Waals surface area contributed by atoms with Crippen LogP contribution in [-0.2, 0) is 0 Å².